The molecular formula is C11H19N3OS. The Morgan fingerprint density at radius 2 is 2.06 bits per heavy atom. The Labute approximate surface area is 101 Å². The lowest BCUT2D eigenvalue weighted by Crippen LogP contribution is -2.09. The minimum atomic E-state index is 0.115. The highest BCUT2D eigenvalue weighted by atomic mass is 32.2. The molecule has 16 heavy (non-hydrogen) atoms. The van der Waals surface area contributed by atoms with E-state index in [1.807, 2.05) is 6.92 Å². The molecule has 1 aromatic rings. The van der Waals surface area contributed by atoms with Gasteiger partial charge in [-0.25, -0.2) is 9.97 Å². The molecule has 0 aliphatic heterocycles. The third-order valence-electron chi connectivity index (χ3n) is 1.61. The van der Waals surface area contributed by atoms with E-state index in [1.54, 1.807) is 17.8 Å². The monoisotopic (exact) mass is 241 g/mol. The van der Waals surface area contributed by atoms with Gasteiger partial charge < -0.3 is 10.5 Å². The van der Waals surface area contributed by atoms with Crippen molar-refractivity contribution < 1.29 is 4.74 Å². The molecule has 0 radical (unpaired) electrons. The van der Waals surface area contributed by atoms with Gasteiger partial charge in [-0.3, -0.25) is 0 Å². The molecule has 1 heterocycles. The fraction of sp³-hybridized carbons (Fsp3) is 0.636. The van der Waals surface area contributed by atoms with Gasteiger partial charge in [-0.15, -0.1) is 11.8 Å². The molecule has 0 spiro atoms. The summed E-state index contributed by atoms with van der Waals surface area (Å²) in [7, 11) is 0. The summed E-state index contributed by atoms with van der Waals surface area (Å²) in [4.78, 5) is 8.53. The largest absolute Gasteiger partial charge is 0.384 e. The predicted octanol–water partition coefficient (Wildman–Crippen LogP) is 2.49. The number of aromatic nitrogens is 2. The maximum Gasteiger partial charge on any atom is 0.157 e. The standard InChI is InChI=1S/C11H19N3OS/c1-5-15-7-9-13-8(12)6-10(14-9)16-11(2,3)4/h6H,5,7H2,1-4H3,(H2,12,13,14). The third-order valence-corrected chi connectivity index (χ3v) is 2.65. The second kappa shape index (κ2) is 5.50. The molecule has 0 aromatic carbocycles. The Kier molecular flexibility index (Phi) is 4.56. The number of anilines is 1. The summed E-state index contributed by atoms with van der Waals surface area (Å²) in [5.41, 5.74) is 5.73. The van der Waals surface area contributed by atoms with E-state index < -0.39 is 0 Å². The zero-order chi connectivity index (χ0) is 12.2. The van der Waals surface area contributed by atoms with Gasteiger partial charge in [0.05, 0.1) is 0 Å². The quantitative estimate of drug-likeness (QED) is 0.648. The Hall–Kier alpha value is -0.810. The SMILES string of the molecule is CCOCc1nc(N)cc(SC(C)(C)C)n1. The molecule has 0 aliphatic carbocycles. The van der Waals surface area contributed by atoms with Crippen molar-refractivity contribution in [3.63, 3.8) is 0 Å². The maximum atomic E-state index is 5.73. The Bertz CT molecular complexity index is 350. The molecule has 90 valence electrons. The minimum Gasteiger partial charge on any atom is -0.384 e. The highest BCUT2D eigenvalue weighted by Gasteiger charge is 2.14. The van der Waals surface area contributed by atoms with Crippen molar-refractivity contribution in [3.05, 3.63) is 11.9 Å². The van der Waals surface area contributed by atoms with Crippen LogP contribution in [0.2, 0.25) is 0 Å². The minimum absolute atomic E-state index is 0.115. The average molecular weight is 241 g/mol. The first kappa shape index (κ1) is 13.3. The van der Waals surface area contributed by atoms with Crippen molar-refractivity contribution in [3.8, 4) is 0 Å². The van der Waals surface area contributed by atoms with Gasteiger partial charge >= 0.3 is 0 Å². The summed E-state index contributed by atoms with van der Waals surface area (Å²) in [5, 5.41) is 0.898. The lowest BCUT2D eigenvalue weighted by Gasteiger charge is -2.17. The molecule has 2 N–H and O–H groups in total. The van der Waals surface area contributed by atoms with E-state index >= 15 is 0 Å². The van der Waals surface area contributed by atoms with Gasteiger partial charge in [-0.2, -0.15) is 0 Å². The molecule has 0 unspecified atom stereocenters. The Balaban J connectivity index is 2.81. The molecular weight excluding hydrogens is 222 g/mol. The van der Waals surface area contributed by atoms with Crippen LogP contribution in [0.1, 0.15) is 33.5 Å². The summed E-state index contributed by atoms with van der Waals surface area (Å²) in [6.07, 6.45) is 0. The number of hydrogen-bond acceptors (Lipinski definition) is 5. The van der Waals surface area contributed by atoms with Crippen molar-refractivity contribution >= 4 is 17.6 Å². The molecule has 0 saturated heterocycles. The van der Waals surface area contributed by atoms with Crippen LogP contribution in [0, 0.1) is 0 Å². The molecule has 0 bridgehead atoms. The highest BCUT2D eigenvalue weighted by Crippen LogP contribution is 2.30. The molecule has 0 saturated carbocycles. The van der Waals surface area contributed by atoms with Crippen molar-refractivity contribution in [1.29, 1.82) is 0 Å². The van der Waals surface area contributed by atoms with Crippen molar-refractivity contribution in [2.75, 3.05) is 12.3 Å². The number of nitrogens with zero attached hydrogens (tertiary/aromatic N) is 2. The van der Waals surface area contributed by atoms with Crippen LogP contribution in [0.25, 0.3) is 0 Å². The third kappa shape index (κ3) is 4.81. The average Bonchev–Trinajstić information content (AvgIpc) is 2.10. The van der Waals surface area contributed by atoms with E-state index in [-0.39, 0.29) is 4.75 Å². The van der Waals surface area contributed by atoms with Crippen LogP contribution in [0.4, 0.5) is 5.82 Å². The van der Waals surface area contributed by atoms with Gasteiger partial charge in [0.25, 0.3) is 0 Å². The first-order chi connectivity index (χ1) is 7.40. The van der Waals surface area contributed by atoms with E-state index in [0.717, 1.165) is 5.03 Å². The zero-order valence-corrected chi connectivity index (χ0v) is 11.1. The van der Waals surface area contributed by atoms with Gasteiger partial charge in [0, 0.05) is 17.4 Å². The second-order valence-corrected chi connectivity index (χ2v) is 6.25. The summed E-state index contributed by atoms with van der Waals surface area (Å²) in [6.45, 7) is 9.42. The molecule has 5 heteroatoms. The number of thioether (sulfide) groups is 1. The molecule has 0 fully saturated rings. The molecule has 0 atom stereocenters. The van der Waals surface area contributed by atoms with Crippen LogP contribution in [0.5, 0.6) is 0 Å². The number of rotatable bonds is 4. The van der Waals surface area contributed by atoms with Crippen molar-refractivity contribution in [2.45, 2.75) is 44.1 Å². The van der Waals surface area contributed by atoms with Crippen LogP contribution in [-0.2, 0) is 11.3 Å². The maximum absolute atomic E-state index is 5.73. The van der Waals surface area contributed by atoms with Gasteiger partial charge in [0.15, 0.2) is 5.82 Å². The molecule has 1 rings (SSSR count). The molecule has 0 aliphatic rings. The van der Waals surface area contributed by atoms with Crippen LogP contribution in [0.15, 0.2) is 11.1 Å². The molecule has 0 amide bonds. The van der Waals surface area contributed by atoms with Crippen LogP contribution >= 0.6 is 11.8 Å². The summed E-state index contributed by atoms with van der Waals surface area (Å²) >= 11 is 1.68. The van der Waals surface area contributed by atoms with Crippen LogP contribution in [-0.4, -0.2) is 21.3 Å². The zero-order valence-electron chi connectivity index (χ0n) is 10.3. The van der Waals surface area contributed by atoms with E-state index in [0.29, 0.717) is 24.9 Å². The summed E-state index contributed by atoms with van der Waals surface area (Å²) in [6, 6.07) is 1.80. The lowest BCUT2D eigenvalue weighted by molar-refractivity contribution is 0.128. The smallest absolute Gasteiger partial charge is 0.157 e. The first-order valence-corrected chi connectivity index (χ1v) is 6.12. The summed E-state index contributed by atoms with van der Waals surface area (Å²) in [5.74, 6) is 1.14. The number of ether oxygens (including phenoxy) is 1. The number of nitrogen functional groups attached to an aromatic ring is 1. The Morgan fingerprint density at radius 1 is 1.38 bits per heavy atom. The van der Waals surface area contributed by atoms with E-state index in [4.69, 9.17) is 10.5 Å². The Morgan fingerprint density at radius 3 is 2.62 bits per heavy atom. The van der Waals surface area contributed by atoms with Crippen LogP contribution < -0.4 is 5.73 Å². The number of hydrogen-bond donors (Lipinski definition) is 1. The van der Waals surface area contributed by atoms with E-state index in [2.05, 4.69) is 30.7 Å². The summed E-state index contributed by atoms with van der Waals surface area (Å²) < 4.78 is 5.38. The molecule has 1 aromatic heterocycles. The van der Waals surface area contributed by atoms with Crippen molar-refractivity contribution in [1.82, 2.24) is 9.97 Å². The van der Waals surface area contributed by atoms with Gasteiger partial charge in [0.2, 0.25) is 0 Å². The van der Waals surface area contributed by atoms with Crippen molar-refractivity contribution in [2.24, 2.45) is 0 Å². The van der Waals surface area contributed by atoms with E-state index in [9.17, 15) is 0 Å². The van der Waals surface area contributed by atoms with Gasteiger partial charge in [-0.05, 0) is 6.92 Å². The van der Waals surface area contributed by atoms with Crippen LogP contribution in [0.3, 0.4) is 0 Å². The normalized spacial score (nSPS) is 11.8. The van der Waals surface area contributed by atoms with Gasteiger partial charge in [0.1, 0.15) is 17.5 Å². The second-order valence-electron chi connectivity index (χ2n) is 4.40. The molecule has 4 nitrogen and oxygen atoms in total. The van der Waals surface area contributed by atoms with Gasteiger partial charge in [-0.1, -0.05) is 20.8 Å². The lowest BCUT2D eigenvalue weighted by atomic mass is 10.3. The fourth-order valence-electron chi connectivity index (χ4n) is 1.12. The predicted molar refractivity (Wildman–Crippen MR) is 67.4 cm³/mol. The van der Waals surface area contributed by atoms with E-state index in [1.165, 1.54) is 0 Å². The highest BCUT2D eigenvalue weighted by molar-refractivity contribution is 8.00. The topological polar surface area (TPSA) is 61.0 Å². The number of nitrogens with two attached hydrogens (primary N) is 1. The fourth-order valence-corrected chi connectivity index (χ4v) is 2.07. The first-order valence-electron chi connectivity index (χ1n) is 5.31.